The van der Waals surface area contributed by atoms with Gasteiger partial charge in [0.15, 0.2) is 0 Å². The van der Waals surface area contributed by atoms with Crippen molar-refractivity contribution >= 4 is 34.3 Å². The maximum atomic E-state index is 13.7. The number of piperidine rings is 1. The van der Waals surface area contributed by atoms with Crippen molar-refractivity contribution < 1.29 is 18.4 Å². The molecule has 2 amide bonds. The number of hydrogen-bond acceptors (Lipinski definition) is 3. The normalized spacial score (nSPS) is 18.5. The largest absolute Gasteiger partial charge is 0.337 e. The molecule has 3 heterocycles. The van der Waals surface area contributed by atoms with Gasteiger partial charge in [-0.3, -0.25) is 14.5 Å². The van der Waals surface area contributed by atoms with Crippen molar-refractivity contribution in [2.45, 2.75) is 38.7 Å². The summed E-state index contributed by atoms with van der Waals surface area (Å²) in [6.07, 6.45) is -0.697. The van der Waals surface area contributed by atoms with Gasteiger partial charge in [0.05, 0.1) is 5.52 Å². The van der Waals surface area contributed by atoms with Gasteiger partial charge < -0.3 is 14.4 Å². The van der Waals surface area contributed by atoms with E-state index in [0.717, 1.165) is 24.0 Å². The number of fused-ring (bicyclic) bond motifs is 1. The summed E-state index contributed by atoms with van der Waals surface area (Å²) in [5.74, 6) is -3.09. The van der Waals surface area contributed by atoms with Crippen LogP contribution in [0.3, 0.4) is 0 Å². The lowest BCUT2D eigenvalue weighted by Gasteiger charge is -2.37. The standard InChI is InChI=1S/C28H31ClF2N4O2/c1-19(2)32-12-14-34(15-13-32)26(36)20-6-7-24-21(16-20)17-25(35(24)23-5-3-4-22(29)18-23)27(37)33-10-8-28(30,31)9-11-33/h3-7,16-19H,8-15H2,1-2H3. The van der Waals surface area contributed by atoms with Gasteiger partial charge in [0, 0.05) is 79.8 Å². The molecule has 0 atom stereocenters. The number of aromatic nitrogens is 1. The number of benzene rings is 2. The van der Waals surface area contributed by atoms with Gasteiger partial charge in [-0.15, -0.1) is 0 Å². The maximum absolute atomic E-state index is 13.7. The van der Waals surface area contributed by atoms with E-state index in [1.807, 2.05) is 23.1 Å². The van der Waals surface area contributed by atoms with Crippen LogP contribution in [0.2, 0.25) is 5.02 Å². The molecule has 0 spiro atoms. The molecule has 6 nitrogen and oxygen atoms in total. The molecule has 5 rings (SSSR count). The van der Waals surface area contributed by atoms with E-state index in [9.17, 15) is 18.4 Å². The molecule has 3 aromatic rings. The Kier molecular flexibility index (Phi) is 6.98. The van der Waals surface area contributed by atoms with E-state index in [4.69, 9.17) is 11.6 Å². The van der Waals surface area contributed by atoms with E-state index >= 15 is 0 Å². The molecule has 2 saturated heterocycles. The minimum atomic E-state index is -2.74. The Morgan fingerprint density at radius 2 is 1.54 bits per heavy atom. The minimum absolute atomic E-state index is 0.00497. The average molecular weight is 529 g/mol. The Morgan fingerprint density at radius 3 is 2.19 bits per heavy atom. The molecule has 0 radical (unpaired) electrons. The zero-order chi connectivity index (χ0) is 26.3. The molecule has 0 unspecified atom stereocenters. The minimum Gasteiger partial charge on any atom is -0.337 e. The smallest absolute Gasteiger partial charge is 0.270 e. The number of rotatable bonds is 4. The molecule has 0 aliphatic carbocycles. The second-order valence-corrected chi connectivity index (χ2v) is 10.6. The third kappa shape index (κ3) is 5.22. The summed E-state index contributed by atoms with van der Waals surface area (Å²) >= 11 is 6.26. The number of likely N-dealkylation sites (tertiary alicyclic amines) is 1. The predicted molar refractivity (Wildman–Crippen MR) is 141 cm³/mol. The van der Waals surface area contributed by atoms with Crippen molar-refractivity contribution in [1.82, 2.24) is 19.3 Å². The number of nitrogens with zero attached hydrogens (tertiary/aromatic N) is 4. The van der Waals surface area contributed by atoms with Gasteiger partial charge in [-0.05, 0) is 56.3 Å². The first-order valence-corrected chi connectivity index (χ1v) is 13.1. The van der Waals surface area contributed by atoms with Crippen LogP contribution in [-0.2, 0) is 0 Å². The van der Waals surface area contributed by atoms with Crippen molar-refractivity contribution in [3.63, 3.8) is 0 Å². The van der Waals surface area contributed by atoms with E-state index in [-0.39, 0.29) is 37.7 Å². The third-order valence-corrected chi connectivity index (χ3v) is 7.68. The Balaban J connectivity index is 1.49. The lowest BCUT2D eigenvalue weighted by atomic mass is 10.1. The monoisotopic (exact) mass is 528 g/mol. The van der Waals surface area contributed by atoms with Gasteiger partial charge in [0.1, 0.15) is 5.69 Å². The molecule has 0 saturated carbocycles. The highest BCUT2D eigenvalue weighted by Gasteiger charge is 2.36. The number of hydrogen-bond donors (Lipinski definition) is 0. The van der Waals surface area contributed by atoms with Crippen LogP contribution in [0.4, 0.5) is 8.78 Å². The van der Waals surface area contributed by atoms with Crippen molar-refractivity contribution in [1.29, 1.82) is 0 Å². The number of carbonyl (C=O) groups excluding carboxylic acids is 2. The van der Waals surface area contributed by atoms with Gasteiger partial charge in [-0.25, -0.2) is 8.78 Å². The molecule has 2 aliphatic rings. The molecule has 196 valence electrons. The highest BCUT2D eigenvalue weighted by molar-refractivity contribution is 6.30. The highest BCUT2D eigenvalue weighted by Crippen LogP contribution is 2.31. The van der Waals surface area contributed by atoms with E-state index in [0.29, 0.717) is 41.1 Å². The van der Waals surface area contributed by atoms with Crippen molar-refractivity contribution in [3.8, 4) is 5.69 Å². The number of alkyl halides is 2. The quantitative estimate of drug-likeness (QED) is 0.460. The van der Waals surface area contributed by atoms with Crippen molar-refractivity contribution in [2.75, 3.05) is 39.3 Å². The molecular weight excluding hydrogens is 498 g/mol. The summed E-state index contributed by atoms with van der Waals surface area (Å²) in [6.45, 7) is 7.32. The molecule has 0 N–H and O–H groups in total. The van der Waals surface area contributed by atoms with E-state index < -0.39 is 5.92 Å². The summed E-state index contributed by atoms with van der Waals surface area (Å²) < 4.78 is 29.3. The van der Waals surface area contributed by atoms with Gasteiger partial charge in [0.25, 0.3) is 17.7 Å². The van der Waals surface area contributed by atoms with E-state index in [2.05, 4.69) is 18.7 Å². The Labute approximate surface area is 220 Å². The molecule has 9 heteroatoms. The van der Waals surface area contributed by atoms with Crippen LogP contribution < -0.4 is 0 Å². The first-order chi connectivity index (χ1) is 17.6. The molecule has 2 aliphatic heterocycles. The Hall–Kier alpha value is -2.97. The fourth-order valence-electron chi connectivity index (χ4n) is 5.22. The molecule has 2 fully saturated rings. The number of halogens is 3. The number of piperazine rings is 1. The Morgan fingerprint density at radius 1 is 0.865 bits per heavy atom. The predicted octanol–water partition coefficient (Wildman–Crippen LogP) is 5.32. The first-order valence-electron chi connectivity index (χ1n) is 12.7. The summed E-state index contributed by atoms with van der Waals surface area (Å²) in [4.78, 5) is 32.6. The average Bonchev–Trinajstić information content (AvgIpc) is 3.27. The van der Waals surface area contributed by atoms with Crippen molar-refractivity contribution in [3.05, 3.63) is 64.8 Å². The summed E-state index contributed by atoms with van der Waals surface area (Å²) in [7, 11) is 0. The van der Waals surface area contributed by atoms with Crippen LogP contribution >= 0.6 is 11.6 Å². The van der Waals surface area contributed by atoms with Crippen LogP contribution in [0.5, 0.6) is 0 Å². The van der Waals surface area contributed by atoms with Crippen LogP contribution in [0.25, 0.3) is 16.6 Å². The molecule has 2 aromatic carbocycles. The summed E-state index contributed by atoms with van der Waals surface area (Å²) in [5, 5.41) is 1.25. The second-order valence-electron chi connectivity index (χ2n) is 10.2. The number of amides is 2. The first kappa shape index (κ1) is 25.7. The zero-order valence-electron chi connectivity index (χ0n) is 21.1. The molecule has 0 bridgehead atoms. The van der Waals surface area contributed by atoms with Gasteiger partial charge >= 0.3 is 0 Å². The number of carbonyl (C=O) groups is 2. The molecular formula is C28H31ClF2N4O2. The third-order valence-electron chi connectivity index (χ3n) is 7.45. The SMILES string of the molecule is CC(C)N1CCN(C(=O)c2ccc3c(c2)cc(C(=O)N2CCC(F)(F)CC2)n3-c2cccc(Cl)c2)CC1. The lowest BCUT2D eigenvalue weighted by molar-refractivity contribution is -0.0495. The van der Waals surface area contributed by atoms with Crippen LogP contribution in [-0.4, -0.2) is 82.3 Å². The molecule has 37 heavy (non-hydrogen) atoms. The van der Waals surface area contributed by atoms with Gasteiger partial charge in [-0.1, -0.05) is 17.7 Å². The van der Waals surface area contributed by atoms with Crippen LogP contribution in [0.1, 0.15) is 47.5 Å². The Bertz CT molecular complexity index is 1320. The summed E-state index contributed by atoms with van der Waals surface area (Å²) in [5.41, 5.74) is 2.36. The fourth-order valence-corrected chi connectivity index (χ4v) is 5.41. The van der Waals surface area contributed by atoms with Gasteiger partial charge in [-0.2, -0.15) is 0 Å². The van der Waals surface area contributed by atoms with Crippen LogP contribution in [0.15, 0.2) is 48.5 Å². The molecule has 1 aromatic heterocycles. The topological polar surface area (TPSA) is 48.8 Å². The summed E-state index contributed by atoms with van der Waals surface area (Å²) in [6, 6.07) is 14.8. The maximum Gasteiger partial charge on any atom is 0.270 e. The zero-order valence-corrected chi connectivity index (χ0v) is 21.8. The van der Waals surface area contributed by atoms with Crippen LogP contribution in [0, 0.1) is 0 Å². The van der Waals surface area contributed by atoms with E-state index in [1.54, 1.807) is 34.9 Å². The second kappa shape index (κ2) is 10.1. The van der Waals surface area contributed by atoms with E-state index in [1.165, 1.54) is 4.90 Å². The fraction of sp³-hybridized carbons (Fsp3) is 0.429. The highest BCUT2D eigenvalue weighted by atomic mass is 35.5. The van der Waals surface area contributed by atoms with Crippen molar-refractivity contribution in [2.24, 2.45) is 0 Å². The van der Waals surface area contributed by atoms with Gasteiger partial charge in [0.2, 0.25) is 0 Å². The lowest BCUT2D eigenvalue weighted by Crippen LogP contribution is -2.50.